The summed E-state index contributed by atoms with van der Waals surface area (Å²) in [6.45, 7) is 4.46. The first kappa shape index (κ1) is 23.6. The van der Waals surface area contributed by atoms with E-state index >= 15 is 0 Å². The lowest BCUT2D eigenvalue weighted by Gasteiger charge is -2.30. The molecule has 2 N–H and O–H groups in total. The third-order valence-electron chi connectivity index (χ3n) is 5.03. The molecule has 1 aromatic heterocycles. The second kappa shape index (κ2) is 10.1. The molecule has 0 spiro atoms. The minimum atomic E-state index is -0.711. The maximum atomic E-state index is 14.7. The molecule has 0 radical (unpaired) electrons. The summed E-state index contributed by atoms with van der Waals surface area (Å²) in [6, 6.07) is 8.40. The van der Waals surface area contributed by atoms with E-state index in [1.54, 1.807) is 18.7 Å². The maximum Gasteiger partial charge on any atom is 0.257 e. The van der Waals surface area contributed by atoms with E-state index in [4.69, 9.17) is 9.47 Å². The number of hydrogen-bond acceptors (Lipinski definition) is 8. The number of halogens is 1. The molecule has 0 unspecified atom stereocenters. The summed E-state index contributed by atoms with van der Waals surface area (Å²) in [6.07, 6.45) is 0.401. The first-order valence-electron chi connectivity index (χ1n) is 10.6. The average Bonchev–Trinajstić information content (AvgIpc) is 3.18. The number of aromatic nitrogens is 2. The Hall–Kier alpha value is -3.57. The fourth-order valence-electron chi connectivity index (χ4n) is 3.16. The molecule has 34 heavy (non-hydrogen) atoms. The third kappa shape index (κ3) is 5.49. The number of likely N-dealkylation sites (tertiary alicyclic amines) is 1. The number of nitrogens with one attached hydrogen (secondary N) is 1. The van der Waals surface area contributed by atoms with E-state index in [2.05, 4.69) is 14.7 Å². The van der Waals surface area contributed by atoms with Crippen molar-refractivity contribution < 1.29 is 28.6 Å². The largest absolute Gasteiger partial charge is 0.488 e. The number of aryl methyl sites for hydroxylation is 1. The molecule has 178 valence electrons. The Morgan fingerprint density at radius 3 is 2.59 bits per heavy atom. The predicted molar refractivity (Wildman–Crippen MR) is 123 cm³/mol. The summed E-state index contributed by atoms with van der Waals surface area (Å²) in [5.41, 5.74) is 0.418. The van der Waals surface area contributed by atoms with Crippen LogP contribution in [0.1, 0.15) is 39.9 Å². The molecule has 1 atom stereocenters. The highest BCUT2D eigenvalue weighted by molar-refractivity contribution is 7.09. The zero-order valence-corrected chi connectivity index (χ0v) is 19.4. The van der Waals surface area contributed by atoms with Crippen molar-refractivity contribution in [2.75, 3.05) is 25.0 Å². The lowest BCUT2D eigenvalue weighted by atomic mass is 10.1. The Kier molecular flexibility index (Phi) is 7.03. The van der Waals surface area contributed by atoms with E-state index in [0.29, 0.717) is 24.0 Å². The van der Waals surface area contributed by atoms with Gasteiger partial charge in [-0.25, -0.2) is 9.37 Å². The smallest absolute Gasteiger partial charge is 0.257 e. The van der Waals surface area contributed by atoms with Crippen LogP contribution in [0.3, 0.4) is 0 Å². The van der Waals surface area contributed by atoms with Crippen LogP contribution in [-0.2, 0) is 0 Å². The Bertz CT molecular complexity index is 1210. The normalized spacial score (nSPS) is 13.7. The van der Waals surface area contributed by atoms with Gasteiger partial charge in [0, 0.05) is 41.8 Å². The van der Waals surface area contributed by atoms with Crippen molar-refractivity contribution in [3.63, 3.8) is 0 Å². The van der Waals surface area contributed by atoms with Crippen molar-refractivity contribution in [3.8, 4) is 17.2 Å². The Morgan fingerprint density at radius 2 is 1.97 bits per heavy atom. The number of amides is 2. The molecule has 2 heterocycles. The number of carbonyl (C=O) groups excluding carboxylic acids is 2. The highest BCUT2D eigenvalue weighted by Crippen LogP contribution is 2.31. The van der Waals surface area contributed by atoms with Crippen LogP contribution in [0.25, 0.3) is 0 Å². The molecular weight excluding hydrogens is 463 g/mol. The van der Waals surface area contributed by atoms with Gasteiger partial charge in [0.1, 0.15) is 23.4 Å². The molecule has 0 aliphatic carbocycles. The molecule has 2 aromatic carbocycles. The minimum Gasteiger partial charge on any atom is -0.488 e. The third-order valence-corrected chi connectivity index (χ3v) is 5.76. The molecule has 2 amide bonds. The summed E-state index contributed by atoms with van der Waals surface area (Å²) < 4.78 is 30.1. The second-order valence-electron chi connectivity index (χ2n) is 7.80. The highest BCUT2D eigenvalue weighted by atomic mass is 32.1. The van der Waals surface area contributed by atoms with Gasteiger partial charge in [-0.05, 0) is 50.6 Å². The molecule has 1 aliphatic rings. The summed E-state index contributed by atoms with van der Waals surface area (Å²) in [5, 5.41) is 12.3. The fraction of sp³-hybridized carbons (Fsp3) is 0.304. The molecule has 9 nitrogen and oxygen atoms in total. The number of anilines is 1. The Labute approximate surface area is 199 Å². The molecule has 3 aromatic rings. The molecule has 1 fully saturated rings. The number of carbonyl (C=O) groups is 2. The molecular formula is C23H23FN4O5S. The first-order valence-corrected chi connectivity index (χ1v) is 11.4. The number of ether oxygens (including phenoxy) is 2. The van der Waals surface area contributed by atoms with E-state index in [1.165, 1.54) is 30.3 Å². The fourth-order valence-corrected chi connectivity index (χ4v) is 3.73. The quantitative estimate of drug-likeness (QED) is 0.500. The molecule has 11 heteroatoms. The van der Waals surface area contributed by atoms with Crippen LogP contribution in [-0.4, -0.2) is 57.0 Å². The SMILES string of the molecule is Cc1nsc(NC(=O)c2cc(Oc3ccc(C(=O)N4CCC4)cc3F)cc(O[C@@H](C)CO)c2)n1. The topological polar surface area (TPSA) is 114 Å². The standard InChI is InChI=1S/C23H23FN4O5S/c1-13(12-29)32-17-8-16(21(30)26-23-25-14(2)27-34-23)9-18(11-17)33-20-5-4-15(10-19(20)24)22(31)28-6-3-7-28/h4-5,8-11,13,29H,3,6-7,12H2,1-2H3,(H,25,26,27,30)/t13-/m0/s1. The van der Waals surface area contributed by atoms with Gasteiger partial charge >= 0.3 is 0 Å². The van der Waals surface area contributed by atoms with Crippen molar-refractivity contribution in [1.29, 1.82) is 0 Å². The second-order valence-corrected chi connectivity index (χ2v) is 8.55. The van der Waals surface area contributed by atoms with Crippen LogP contribution in [0.15, 0.2) is 36.4 Å². The molecule has 1 saturated heterocycles. The number of benzene rings is 2. The molecule has 1 aliphatic heterocycles. The van der Waals surface area contributed by atoms with Gasteiger partial charge in [0.2, 0.25) is 5.13 Å². The van der Waals surface area contributed by atoms with Crippen LogP contribution >= 0.6 is 11.5 Å². The zero-order valence-electron chi connectivity index (χ0n) is 18.6. The van der Waals surface area contributed by atoms with Gasteiger partial charge in [0.15, 0.2) is 11.6 Å². The van der Waals surface area contributed by atoms with Crippen molar-refractivity contribution in [1.82, 2.24) is 14.3 Å². The van der Waals surface area contributed by atoms with Gasteiger partial charge < -0.3 is 19.5 Å². The zero-order chi connectivity index (χ0) is 24.2. The molecule has 0 saturated carbocycles. The van der Waals surface area contributed by atoms with Gasteiger partial charge in [-0.2, -0.15) is 4.37 Å². The van der Waals surface area contributed by atoms with E-state index in [9.17, 15) is 19.1 Å². The Morgan fingerprint density at radius 1 is 1.21 bits per heavy atom. The van der Waals surface area contributed by atoms with Crippen LogP contribution in [0, 0.1) is 12.7 Å². The Balaban J connectivity index is 1.58. The summed E-state index contributed by atoms with van der Waals surface area (Å²) >= 11 is 1.04. The van der Waals surface area contributed by atoms with Crippen molar-refractivity contribution >= 4 is 28.5 Å². The molecule has 4 rings (SSSR count). The van der Waals surface area contributed by atoms with Gasteiger partial charge in [-0.15, -0.1) is 0 Å². The first-order chi connectivity index (χ1) is 16.3. The summed E-state index contributed by atoms with van der Waals surface area (Å²) in [7, 11) is 0. The number of nitrogens with zero attached hydrogens (tertiary/aromatic N) is 3. The minimum absolute atomic E-state index is 0.112. The van der Waals surface area contributed by atoms with Gasteiger partial charge in [0.05, 0.1) is 6.61 Å². The predicted octanol–water partition coefficient (Wildman–Crippen LogP) is 3.64. The van der Waals surface area contributed by atoms with Gasteiger partial charge in [-0.3, -0.25) is 14.9 Å². The van der Waals surface area contributed by atoms with E-state index in [0.717, 1.165) is 24.0 Å². The number of hydrogen-bond donors (Lipinski definition) is 2. The van der Waals surface area contributed by atoms with Crippen molar-refractivity contribution in [3.05, 3.63) is 59.2 Å². The number of aliphatic hydroxyl groups excluding tert-OH is 1. The lowest BCUT2D eigenvalue weighted by Crippen LogP contribution is -2.42. The van der Waals surface area contributed by atoms with E-state index in [1.807, 2.05) is 0 Å². The number of rotatable bonds is 8. The van der Waals surface area contributed by atoms with Crippen LogP contribution in [0.5, 0.6) is 17.2 Å². The van der Waals surface area contributed by atoms with Gasteiger partial charge in [0.25, 0.3) is 11.8 Å². The van der Waals surface area contributed by atoms with Gasteiger partial charge in [-0.1, -0.05) is 0 Å². The lowest BCUT2D eigenvalue weighted by molar-refractivity contribution is 0.0651. The van der Waals surface area contributed by atoms with Crippen LogP contribution < -0.4 is 14.8 Å². The van der Waals surface area contributed by atoms with E-state index < -0.39 is 17.8 Å². The number of aliphatic hydroxyl groups is 1. The van der Waals surface area contributed by atoms with Crippen LogP contribution in [0.4, 0.5) is 9.52 Å². The van der Waals surface area contributed by atoms with Crippen LogP contribution in [0.2, 0.25) is 0 Å². The molecule has 0 bridgehead atoms. The van der Waals surface area contributed by atoms with Crippen molar-refractivity contribution in [2.45, 2.75) is 26.4 Å². The maximum absolute atomic E-state index is 14.7. The average molecular weight is 487 g/mol. The van der Waals surface area contributed by atoms with E-state index in [-0.39, 0.29) is 40.9 Å². The monoisotopic (exact) mass is 486 g/mol. The summed E-state index contributed by atoms with van der Waals surface area (Å²) in [5.74, 6) is -0.611. The van der Waals surface area contributed by atoms with Crippen molar-refractivity contribution in [2.24, 2.45) is 0 Å². The summed E-state index contributed by atoms with van der Waals surface area (Å²) in [4.78, 5) is 30.8. The highest BCUT2D eigenvalue weighted by Gasteiger charge is 2.23.